The van der Waals surface area contributed by atoms with Crippen LogP contribution in [0.2, 0.25) is 39.3 Å². The van der Waals surface area contributed by atoms with Crippen LogP contribution in [0.4, 0.5) is 0 Å². The number of halogens is 2. The van der Waals surface area contributed by atoms with Crippen LogP contribution >= 0.6 is 45.2 Å². The minimum absolute atomic E-state index is 1.03. The van der Waals surface area contributed by atoms with Gasteiger partial charge in [0.15, 0.2) is 0 Å². The Morgan fingerprint density at radius 2 is 0.829 bits per heavy atom. The lowest BCUT2D eigenvalue weighted by Gasteiger charge is -2.24. The van der Waals surface area contributed by atoms with Crippen LogP contribution < -0.4 is 10.4 Å². The summed E-state index contributed by atoms with van der Waals surface area (Å²) in [4.78, 5) is 0. The average Bonchev–Trinajstić information content (AvgIpc) is 3.14. The second-order valence-electron chi connectivity index (χ2n) is 11.8. The van der Waals surface area contributed by atoms with Crippen LogP contribution in [0, 0.1) is 7.14 Å². The molecule has 4 aromatic rings. The highest BCUT2D eigenvalue weighted by atomic mass is 127. The van der Waals surface area contributed by atoms with Gasteiger partial charge in [0.05, 0.1) is 16.1 Å². The zero-order valence-corrected chi connectivity index (χ0v) is 27.7. The predicted molar refractivity (Wildman–Crippen MR) is 177 cm³/mol. The Balaban J connectivity index is 1.72. The van der Waals surface area contributed by atoms with Crippen molar-refractivity contribution >= 4 is 71.7 Å². The van der Waals surface area contributed by atoms with Crippen molar-refractivity contribution < 1.29 is 0 Å². The summed E-state index contributed by atoms with van der Waals surface area (Å²) >= 11 is 4.80. The van der Waals surface area contributed by atoms with Gasteiger partial charge in [-0.3, -0.25) is 0 Å². The van der Waals surface area contributed by atoms with Gasteiger partial charge in [0.2, 0.25) is 0 Å². The van der Waals surface area contributed by atoms with Gasteiger partial charge in [-0.05, 0) is 120 Å². The van der Waals surface area contributed by atoms with Gasteiger partial charge in [0, 0.05) is 7.14 Å². The first-order valence-corrected chi connectivity index (χ1v) is 21.4. The third-order valence-electron chi connectivity index (χ3n) is 7.08. The van der Waals surface area contributed by atoms with E-state index in [0.717, 1.165) is 6.42 Å². The molecule has 1 aliphatic carbocycles. The molecule has 0 spiro atoms. The van der Waals surface area contributed by atoms with Crippen molar-refractivity contribution in [1.82, 2.24) is 0 Å². The van der Waals surface area contributed by atoms with E-state index >= 15 is 0 Å². The molecular weight excluding hydrogens is 682 g/mol. The zero-order chi connectivity index (χ0) is 25.1. The van der Waals surface area contributed by atoms with Crippen LogP contribution in [0.1, 0.15) is 11.1 Å². The number of fused-ring (bicyclic) bond motifs is 3. The quantitative estimate of drug-likeness (QED) is 0.129. The van der Waals surface area contributed by atoms with Crippen molar-refractivity contribution in [2.24, 2.45) is 0 Å². The summed E-state index contributed by atoms with van der Waals surface area (Å²) in [6.07, 6.45) is 1.03. The van der Waals surface area contributed by atoms with Crippen molar-refractivity contribution in [3.63, 3.8) is 0 Å². The van der Waals surface area contributed by atoms with E-state index < -0.39 is 16.1 Å². The molecule has 0 fully saturated rings. The molecule has 0 saturated heterocycles. The van der Waals surface area contributed by atoms with Crippen LogP contribution in [0.5, 0.6) is 0 Å². The molecular formula is C31H32I2Si2. The largest absolute Gasteiger partial charge is 0.0784 e. The summed E-state index contributed by atoms with van der Waals surface area (Å²) in [5.74, 6) is 0. The standard InChI is InChI=1S/C31H32I2Si2/c1-34(2,3)30-18-26-22(16-28(30)20-7-11-24(32)12-8-20)15-23-17-29(21-9-13-25(33)14-10-21)31(19-27(23)26)35(4,5)6/h7-14,16-19H,15H2,1-6H3. The first-order valence-electron chi connectivity index (χ1n) is 12.3. The Morgan fingerprint density at radius 1 is 0.486 bits per heavy atom. The molecule has 5 rings (SSSR count). The van der Waals surface area contributed by atoms with E-state index in [-0.39, 0.29) is 0 Å². The molecule has 0 amide bonds. The lowest BCUT2D eigenvalue weighted by atomic mass is 9.97. The minimum atomic E-state index is -1.55. The van der Waals surface area contributed by atoms with Gasteiger partial charge in [-0.1, -0.05) is 98.2 Å². The number of hydrogen-bond acceptors (Lipinski definition) is 0. The number of rotatable bonds is 4. The van der Waals surface area contributed by atoms with Gasteiger partial charge in [-0.15, -0.1) is 0 Å². The van der Waals surface area contributed by atoms with Gasteiger partial charge in [0.1, 0.15) is 0 Å². The Bertz CT molecular complexity index is 1310. The fraction of sp³-hybridized carbons (Fsp3) is 0.226. The second-order valence-corrected chi connectivity index (χ2v) is 24.4. The Labute approximate surface area is 239 Å². The fourth-order valence-corrected chi connectivity index (χ4v) is 9.19. The highest BCUT2D eigenvalue weighted by Gasteiger charge is 2.30. The molecule has 0 aromatic heterocycles. The maximum Gasteiger partial charge on any atom is 0.0784 e. The normalized spacial score (nSPS) is 13.0. The monoisotopic (exact) mass is 714 g/mol. The molecule has 0 unspecified atom stereocenters. The van der Waals surface area contributed by atoms with Gasteiger partial charge in [-0.2, -0.15) is 0 Å². The van der Waals surface area contributed by atoms with Gasteiger partial charge >= 0.3 is 0 Å². The lowest BCUT2D eigenvalue weighted by Crippen LogP contribution is -2.39. The van der Waals surface area contributed by atoms with E-state index in [4.69, 9.17) is 0 Å². The van der Waals surface area contributed by atoms with Crippen molar-refractivity contribution in [3.8, 4) is 33.4 Å². The molecule has 0 saturated carbocycles. The minimum Gasteiger partial charge on any atom is -0.0656 e. The zero-order valence-electron chi connectivity index (χ0n) is 21.4. The Kier molecular flexibility index (Phi) is 6.73. The molecule has 0 heterocycles. The van der Waals surface area contributed by atoms with Crippen LogP contribution in [-0.4, -0.2) is 16.1 Å². The molecule has 0 bridgehead atoms. The van der Waals surface area contributed by atoms with E-state index in [0.29, 0.717) is 0 Å². The smallest absolute Gasteiger partial charge is 0.0656 e. The predicted octanol–water partition coefficient (Wildman–Crippen LogP) is 8.89. The van der Waals surface area contributed by atoms with Crippen LogP contribution in [0.3, 0.4) is 0 Å². The van der Waals surface area contributed by atoms with E-state index in [1.54, 1.807) is 10.4 Å². The summed E-state index contributed by atoms with van der Waals surface area (Å²) in [6, 6.07) is 28.3. The maximum atomic E-state index is 2.57. The fourth-order valence-electron chi connectivity index (χ4n) is 5.27. The molecule has 0 atom stereocenters. The SMILES string of the molecule is C[Si](C)(C)c1cc2c(cc1-c1ccc(I)cc1)Cc1cc(-c3ccc(I)cc3)c([Si](C)(C)C)cc1-2. The van der Waals surface area contributed by atoms with Crippen LogP contribution in [0.25, 0.3) is 33.4 Å². The molecule has 1 aliphatic rings. The van der Waals surface area contributed by atoms with E-state index in [9.17, 15) is 0 Å². The van der Waals surface area contributed by atoms with Crippen LogP contribution in [0.15, 0.2) is 72.8 Å². The molecule has 0 aliphatic heterocycles. The molecule has 178 valence electrons. The molecule has 4 heteroatoms. The first kappa shape index (κ1) is 25.4. The highest BCUT2D eigenvalue weighted by molar-refractivity contribution is 14.1. The molecule has 0 nitrogen and oxygen atoms in total. The third kappa shape index (κ3) is 5.00. The summed E-state index contributed by atoms with van der Waals surface area (Å²) in [7, 11) is -3.10. The average molecular weight is 715 g/mol. The van der Waals surface area contributed by atoms with Crippen molar-refractivity contribution in [1.29, 1.82) is 0 Å². The van der Waals surface area contributed by atoms with Gasteiger partial charge < -0.3 is 0 Å². The van der Waals surface area contributed by atoms with E-state index in [1.807, 2.05) is 0 Å². The maximum absolute atomic E-state index is 2.57. The van der Waals surface area contributed by atoms with Crippen molar-refractivity contribution in [2.45, 2.75) is 45.7 Å². The van der Waals surface area contributed by atoms with E-state index in [2.05, 4.69) is 157 Å². The summed E-state index contributed by atoms with van der Waals surface area (Å²) < 4.78 is 2.58. The summed E-state index contributed by atoms with van der Waals surface area (Å²) in [5, 5.41) is 3.14. The Hall–Kier alpha value is -1.23. The van der Waals surface area contributed by atoms with Crippen LogP contribution in [-0.2, 0) is 6.42 Å². The topological polar surface area (TPSA) is 0 Å². The summed E-state index contributed by atoms with van der Waals surface area (Å²) in [5.41, 5.74) is 11.5. The highest BCUT2D eigenvalue weighted by Crippen LogP contribution is 2.41. The second kappa shape index (κ2) is 9.26. The number of benzene rings is 4. The van der Waals surface area contributed by atoms with Crippen molar-refractivity contribution in [2.75, 3.05) is 0 Å². The molecule has 35 heavy (non-hydrogen) atoms. The first-order chi connectivity index (χ1) is 16.4. The third-order valence-corrected chi connectivity index (χ3v) is 12.6. The Morgan fingerprint density at radius 3 is 1.14 bits per heavy atom. The summed E-state index contributed by atoms with van der Waals surface area (Å²) in [6.45, 7) is 14.9. The van der Waals surface area contributed by atoms with E-state index in [1.165, 1.54) is 51.6 Å². The molecule has 0 N–H and O–H groups in total. The van der Waals surface area contributed by atoms with Gasteiger partial charge in [0.25, 0.3) is 0 Å². The lowest BCUT2D eigenvalue weighted by molar-refractivity contribution is 1.27. The van der Waals surface area contributed by atoms with Gasteiger partial charge in [-0.25, -0.2) is 0 Å². The van der Waals surface area contributed by atoms with Crippen molar-refractivity contribution in [3.05, 3.63) is 91.1 Å². The number of hydrogen-bond donors (Lipinski definition) is 0. The molecule has 0 radical (unpaired) electrons. The molecule has 4 aromatic carbocycles.